The van der Waals surface area contributed by atoms with E-state index in [1.165, 1.54) is 0 Å². The van der Waals surface area contributed by atoms with Gasteiger partial charge in [-0.05, 0) is 17.9 Å². The fraction of sp³-hybridized carbons (Fsp3) is 0.467. The summed E-state index contributed by atoms with van der Waals surface area (Å²) in [6, 6.07) is 8.58. The predicted molar refractivity (Wildman–Crippen MR) is 73.9 cm³/mol. The summed E-state index contributed by atoms with van der Waals surface area (Å²) in [6.07, 6.45) is 0.639. The second kappa shape index (κ2) is 6.92. The van der Waals surface area contributed by atoms with Crippen molar-refractivity contribution in [2.45, 2.75) is 39.2 Å². The van der Waals surface area contributed by atoms with Crippen LogP contribution in [0.4, 0.5) is 0 Å². The fourth-order valence-electron chi connectivity index (χ4n) is 2.03. The van der Waals surface area contributed by atoms with Crippen molar-refractivity contribution in [3.8, 4) is 0 Å². The van der Waals surface area contributed by atoms with Crippen LogP contribution in [0, 0.1) is 5.92 Å². The molecule has 0 aliphatic heterocycles. The molecule has 0 saturated heterocycles. The Morgan fingerprint density at radius 1 is 1.21 bits per heavy atom. The average Bonchev–Trinajstić information content (AvgIpc) is 2.37. The molecule has 0 aromatic heterocycles. The Morgan fingerprint density at radius 2 is 1.79 bits per heavy atom. The monoisotopic (exact) mass is 263 g/mol. The molecule has 1 amide bonds. The molecule has 1 aromatic rings. The number of aliphatic carboxylic acids is 1. The number of carboxylic acid groups (broad SMARTS) is 1. The van der Waals surface area contributed by atoms with Gasteiger partial charge in [-0.2, -0.15) is 0 Å². The molecule has 1 rings (SSSR count). The maximum Gasteiger partial charge on any atom is 0.326 e. The number of carbonyl (C=O) groups is 2. The number of amides is 1. The van der Waals surface area contributed by atoms with Crippen molar-refractivity contribution in [1.29, 1.82) is 0 Å². The third-order valence-electron chi connectivity index (χ3n) is 3.16. The molecule has 1 unspecified atom stereocenters. The van der Waals surface area contributed by atoms with E-state index in [0.29, 0.717) is 6.42 Å². The van der Waals surface area contributed by atoms with Gasteiger partial charge in [0.15, 0.2) is 0 Å². The minimum Gasteiger partial charge on any atom is -0.480 e. The van der Waals surface area contributed by atoms with E-state index in [4.69, 9.17) is 5.11 Å². The highest BCUT2D eigenvalue weighted by Crippen LogP contribution is 2.20. The molecule has 0 spiro atoms. The van der Waals surface area contributed by atoms with Gasteiger partial charge in [0.1, 0.15) is 6.04 Å². The van der Waals surface area contributed by atoms with E-state index in [9.17, 15) is 9.59 Å². The number of carbonyl (C=O) groups excluding carboxylic acids is 1. The minimum absolute atomic E-state index is 0.144. The number of hydrogen-bond donors (Lipinski definition) is 2. The van der Waals surface area contributed by atoms with E-state index in [1.807, 2.05) is 37.3 Å². The second-order valence-electron chi connectivity index (χ2n) is 4.94. The van der Waals surface area contributed by atoms with Crippen molar-refractivity contribution < 1.29 is 14.7 Å². The van der Waals surface area contributed by atoms with Crippen LogP contribution in [-0.2, 0) is 9.59 Å². The smallest absolute Gasteiger partial charge is 0.326 e. The SMILES string of the molecule is CCC(C(=O)N[C@H](C(=O)O)C(C)C)c1ccccc1. The van der Waals surface area contributed by atoms with E-state index in [2.05, 4.69) is 5.32 Å². The molecular weight excluding hydrogens is 242 g/mol. The Kier molecular flexibility index (Phi) is 5.55. The molecule has 0 fully saturated rings. The highest BCUT2D eigenvalue weighted by atomic mass is 16.4. The number of carboxylic acids is 1. The van der Waals surface area contributed by atoms with Gasteiger partial charge in [0.2, 0.25) is 5.91 Å². The summed E-state index contributed by atoms with van der Waals surface area (Å²) in [7, 11) is 0. The third-order valence-corrected chi connectivity index (χ3v) is 3.16. The van der Waals surface area contributed by atoms with Crippen molar-refractivity contribution in [1.82, 2.24) is 5.32 Å². The fourth-order valence-corrected chi connectivity index (χ4v) is 2.03. The summed E-state index contributed by atoms with van der Waals surface area (Å²) in [5, 5.41) is 11.7. The van der Waals surface area contributed by atoms with E-state index < -0.39 is 12.0 Å². The van der Waals surface area contributed by atoms with Crippen LogP contribution < -0.4 is 5.32 Å². The van der Waals surface area contributed by atoms with Gasteiger partial charge in [-0.25, -0.2) is 4.79 Å². The van der Waals surface area contributed by atoms with Crippen LogP contribution in [0.15, 0.2) is 30.3 Å². The van der Waals surface area contributed by atoms with Gasteiger partial charge in [-0.15, -0.1) is 0 Å². The van der Waals surface area contributed by atoms with Gasteiger partial charge in [0.05, 0.1) is 5.92 Å². The zero-order valence-electron chi connectivity index (χ0n) is 11.6. The number of benzene rings is 1. The van der Waals surface area contributed by atoms with Crippen LogP contribution >= 0.6 is 0 Å². The highest BCUT2D eigenvalue weighted by Gasteiger charge is 2.27. The van der Waals surface area contributed by atoms with E-state index in [-0.39, 0.29) is 17.7 Å². The quantitative estimate of drug-likeness (QED) is 0.828. The molecule has 1 aromatic carbocycles. The number of nitrogens with one attached hydrogen (secondary N) is 1. The topological polar surface area (TPSA) is 66.4 Å². The maximum absolute atomic E-state index is 12.2. The zero-order valence-corrected chi connectivity index (χ0v) is 11.6. The van der Waals surface area contributed by atoms with E-state index >= 15 is 0 Å². The zero-order chi connectivity index (χ0) is 14.4. The van der Waals surface area contributed by atoms with Crippen LogP contribution in [0.25, 0.3) is 0 Å². The Balaban J connectivity index is 2.83. The first-order valence-corrected chi connectivity index (χ1v) is 6.55. The van der Waals surface area contributed by atoms with Crippen LogP contribution in [0.5, 0.6) is 0 Å². The van der Waals surface area contributed by atoms with Crippen molar-refractivity contribution in [2.75, 3.05) is 0 Å². The molecule has 0 aliphatic carbocycles. The summed E-state index contributed by atoms with van der Waals surface area (Å²) >= 11 is 0. The predicted octanol–water partition coefficient (Wildman–Crippen LogP) is 2.41. The second-order valence-corrected chi connectivity index (χ2v) is 4.94. The normalized spacial score (nSPS) is 13.9. The largest absolute Gasteiger partial charge is 0.480 e. The summed E-state index contributed by atoms with van der Waals surface area (Å²) < 4.78 is 0. The molecule has 0 saturated carbocycles. The molecule has 4 heteroatoms. The molecule has 4 nitrogen and oxygen atoms in total. The first kappa shape index (κ1) is 15.2. The lowest BCUT2D eigenvalue weighted by atomic mass is 9.94. The molecule has 19 heavy (non-hydrogen) atoms. The van der Waals surface area contributed by atoms with Crippen molar-refractivity contribution >= 4 is 11.9 Å². The van der Waals surface area contributed by atoms with Crippen molar-refractivity contribution in [3.05, 3.63) is 35.9 Å². The van der Waals surface area contributed by atoms with Gasteiger partial charge in [-0.1, -0.05) is 51.1 Å². The molecule has 104 valence electrons. The van der Waals surface area contributed by atoms with Gasteiger partial charge in [0.25, 0.3) is 0 Å². The van der Waals surface area contributed by atoms with E-state index in [0.717, 1.165) is 5.56 Å². The molecule has 2 N–H and O–H groups in total. The van der Waals surface area contributed by atoms with Gasteiger partial charge in [-0.3, -0.25) is 4.79 Å². The van der Waals surface area contributed by atoms with Crippen LogP contribution in [0.1, 0.15) is 38.7 Å². The lowest BCUT2D eigenvalue weighted by molar-refractivity contribution is -0.143. The lowest BCUT2D eigenvalue weighted by Gasteiger charge is -2.22. The van der Waals surface area contributed by atoms with Crippen molar-refractivity contribution in [2.24, 2.45) is 5.92 Å². The Hall–Kier alpha value is -1.84. The maximum atomic E-state index is 12.2. The Bertz CT molecular complexity index is 428. The summed E-state index contributed by atoms with van der Waals surface area (Å²) in [5.41, 5.74) is 0.912. The first-order valence-electron chi connectivity index (χ1n) is 6.55. The number of hydrogen-bond acceptors (Lipinski definition) is 2. The highest BCUT2D eigenvalue weighted by molar-refractivity contribution is 5.88. The number of rotatable bonds is 6. The molecule has 0 radical (unpaired) electrons. The lowest BCUT2D eigenvalue weighted by Crippen LogP contribution is -2.46. The summed E-state index contributed by atoms with van der Waals surface area (Å²) in [4.78, 5) is 23.3. The minimum atomic E-state index is -0.994. The Morgan fingerprint density at radius 3 is 2.21 bits per heavy atom. The van der Waals surface area contributed by atoms with Crippen LogP contribution in [-0.4, -0.2) is 23.0 Å². The first-order chi connectivity index (χ1) is 8.97. The van der Waals surface area contributed by atoms with Crippen LogP contribution in [0.3, 0.4) is 0 Å². The average molecular weight is 263 g/mol. The third kappa shape index (κ3) is 4.09. The summed E-state index contributed by atoms with van der Waals surface area (Å²) in [6.45, 7) is 5.48. The standard InChI is InChI=1S/C15H21NO3/c1-4-12(11-8-6-5-7-9-11)14(17)16-13(10(2)3)15(18)19/h5-10,12-13H,4H2,1-3H3,(H,16,17)(H,18,19)/t12?,13-/m0/s1. The Labute approximate surface area is 113 Å². The molecule has 2 atom stereocenters. The molecule has 0 bridgehead atoms. The molecule has 0 aliphatic rings. The molecular formula is C15H21NO3. The molecule has 0 heterocycles. The van der Waals surface area contributed by atoms with Gasteiger partial charge in [0, 0.05) is 0 Å². The van der Waals surface area contributed by atoms with Crippen LogP contribution in [0.2, 0.25) is 0 Å². The van der Waals surface area contributed by atoms with Crippen molar-refractivity contribution in [3.63, 3.8) is 0 Å². The van der Waals surface area contributed by atoms with Gasteiger partial charge < -0.3 is 10.4 Å². The summed E-state index contributed by atoms with van der Waals surface area (Å²) in [5.74, 6) is -1.67. The van der Waals surface area contributed by atoms with Gasteiger partial charge >= 0.3 is 5.97 Å². The van der Waals surface area contributed by atoms with E-state index in [1.54, 1.807) is 13.8 Å².